The van der Waals surface area contributed by atoms with Gasteiger partial charge in [0.1, 0.15) is 0 Å². The van der Waals surface area contributed by atoms with Gasteiger partial charge in [0.2, 0.25) is 0 Å². The fraction of sp³-hybridized carbons (Fsp3) is 0.240. The van der Waals surface area contributed by atoms with Crippen LogP contribution in [0.1, 0.15) is 40.4 Å². The van der Waals surface area contributed by atoms with Crippen LogP contribution in [0.3, 0.4) is 0 Å². The summed E-state index contributed by atoms with van der Waals surface area (Å²) in [5.41, 5.74) is 3.32. The van der Waals surface area contributed by atoms with Gasteiger partial charge in [-0.3, -0.25) is 9.78 Å². The third-order valence-corrected chi connectivity index (χ3v) is 5.51. The Labute approximate surface area is 182 Å². The minimum atomic E-state index is -0.123. The first-order valence-electron chi connectivity index (χ1n) is 10.6. The van der Waals surface area contributed by atoms with Crippen LogP contribution in [0.4, 0.5) is 10.5 Å². The summed E-state index contributed by atoms with van der Waals surface area (Å²) in [7, 11) is 0. The number of carbonyl (C=O) groups is 2. The molecule has 1 fully saturated rings. The van der Waals surface area contributed by atoms with Crippen LogP contribution in [0.25, 0.3) is 0 Å². The predicted molar refractivity (Wildman–Crippen MR) is 121 cm³/mol. The molecule has 1 aliphatic rings. The number of urea groups is 1. The van der Waals surface area contributed by atoms with E-state index in [1.807, 2.05) is 77.7 Å². The molecule has 2 N–H and O–H groups in total. The summed E-state index contributed by atoms with van der Waals surface area (Å²) in [6, 6.07) is 22.8. The van der Waals surface area contributed by atoms with Crippen molar-refractivity contribution in [1.29, 1.82) is 0 Å². The van der Waals surface area contributed by atoms with E-state index in [0.717, 1.165) is 36.3 Å². The number of nitrogens with zero attached hydrogens (tertiary/aromatic N) is 2. The number of rotatable bonds is 5. The number of likely N-dealkylation sites (tertiary alicyclic amines) is 1. The number of carbonyl (C=O) groups excluding carboxylic acids is 2. The van der Waals surface area contributed by atoms with Crippen molar-refractivity contribution in [2.24, 2.45) is 0 Å². The van der Waals surface area contributed by atoms with E-state index < -0.39 is 0 Å². The Bertz CT molecular complexity index is 1020. The average Bonchev–Trinajstić information content (AvgIpc) is 2.84. The zero-order valence-electron chi connectivity index (χ0n) is 17.3. The molecule has 1 unspecified atom stereocenters. The van der Waals surface area contributed by atoms with E-state index in [-0.39, 0.29) is 17.9 Å². The quantitative estimate of drug-likeness (QED) is 0.649. The van der Waals surface area contributed by atoms with Crippen LogP contribution in [-0.2, 0) is 6.54 Å². The Balaban J connectivity index is 1.38. The molecule has 0 bridgehead atoms. The van der Waals surface area contributed by atoms with Crippen molar-refractivity contribution in [1.82, 2.24) is 15.2 Å². The first kappa shape index (κ1) is 20.6. The molecule has 1 aliphatic heterocycles. The smallest absolute Gasteiger partial charge is 0.321 e. The fourth-order valence-corrected chi connectivity index (χ4v) is 3.87. The topological polar surface area (TPSA) is 74.3 Å². The Morgan fingerprint density at radius 2 is 1.84 bits per heavy atom. The van der Waals surface area contributed by atoms with Gasteiger partial charge in [-0.15, -0.1) is 0 Å². The maximum absolute atomic E-state index is 12.7. The number of anilines is 1. The lowest BCUT2D eigenvalue weighted by atomic mass is 9.89. The molecule has 158 valence electrons. The third kappa shape index (κ3) is 5.48. The van der Waals surface area contributed by atoms with E-state index in [9.17, 15) is 9.59 Å². The van der Waals surface area contributed by atoms with E-state index in [2.05, 4.69) is 15.6 Å². The van der Waals surface area contributed by atoms with Gasteiger partial charge in [-0.05, 0) is 54.8 Å². The van der Waals surface area contributed by atoms with E-state index in [0.29, 0.717) is 18.7 Å². The van der Waals surface area contributed by atoms with Crippen LogP contribution in [0.2, 0.25) is 0 Å². The summed E-state index contributed by atoms with van der Waals surface area (Å²) in [5, 5.41) is 5.89. The second kappa shape index (κ2) is 9.89. The van der Waals surface area contributed by atoms with Crippen LogP contribution >= 0.6 is 0 Å². The molecule has 0 aliphatic carbocycles. The van der Waals surface area contributed by atoms with Crippen LogP contribution in [0, 0.1) is 0 Å². The number of nitrogens with one attached hydrogen (secondary N) is 2. The number of pyridine rings is 1. The molecule has 1 aromatic heterocycles. The van der Waals surface area contributed by atoms with Gasteiger partial charge in [0.25, 0.3) is 5.91 Å². The largest absolute Gasteiger partial charge is 0.346 e. The normalized spacial score (nSPS) is 15.9. The summed E-state index contributed by atoms with van der Waals surface area (Å²) in [6.07, 6.45) is 3.64. The van der Waals surface area contributed by atoms with Gasteiger partial charge < -0.3 is 15.5 Å². The van der Waals surface area contributed by atoms with Crippen LogP contribution in [0.5, 0.6) is 0 Å². The summed E-state index contributed by atoms with van der Waals surface area (Å²) in [5.74, 6) is 0.0841. The zero-order valence-corrected chi connectivity index (χ0v) is 17.3. The molecule has 3 aromatic rings. The molecule has 2 aromatic carbocycles. The molecule has 0 spiro atoms. The van der Waals surface area contributed by atoms with Gasteiger partial charge in [0.15, 0.2) is 0 Å². The summed E-state index contributed by atoms with van der Waals surface area (Å²) in [4.78, 5) is 31.4. The molecular formula is C25H26N4O2. The SMILES string of the molecule is O=C(NCc1ccccn1)c1cccc(C2CCCN(C(=O)Nc3ccccc3)C2)c1. The number of hydrogen-bond donors (Lipinski definition) is 2. The van der Waals surface area contributed by atoms with Gasteiger partial charge >= 0.3 is 6.03 Å². The maximum atomic E-state index is 12.7. The van der Waals surface area contributed by atoms with Crippen molar-refractivity contribution in [2.75, 3.05) is 18.4 Å². The summed E-state index contributed by atoms with van der Waals surface area (Å²) in [6.45, 7) is 1.76. The first-order chi connectivity index (χ1) is 15.2. The zero-order chi connectivity index (χ0) is 21.5. The highest BCUT2D eigenvalue weighted by atomic mass is 16.2. The highest BCUT2D eigenvalue weighted by Gasteiger charge is 2.25. The lowest BCUT2D eigenvalue weighted by molar-refractivity contribution is 0.0950. The second-order valence-electron chi connectivity index (χ2n) is 7.71. The van der Waals surface area contributed by atoms with Crippen molar-refractivity contribution in [2.45, 2.75) is 25.3 Å². The molecule has 6 nitrogen and oxygen atoms in total. The minimum Gasteiger partial charge on any atom is -0.346 e. The standard InChI is InChI=1S/C25H26N4O2/c30-24(27-17-23-13-4-5-14-26-23)20-9-6-8-19(16-20)21-10-7-15-29(18-21)25(31)28-22-11-2-1-3-12-22/h1-6,8-9,11-14,16,21H,7,10,15,17-18H2,(H,27,30)(H,28,31). The lowest BCUT2D eigenvalue weighted by Gasteiger charge is -2.33. The number of hydrogen-bond acceptors (Lipinski definition) is 3. The van der Waals surface area contributed by atoms with Crippen molar-refractivity contribution in [3.8, 4) is 0 Å². The fourth-order valence-electron chi connectivity index (χ4n) is 3.87. The van der Waals surface area contributed by atoms with Gasteiger partial charge in [-0.25, -0.2) is 4.79 Å². The maximum Gasteiger partial charge on any atom is 0.321 e. The number of amides is 3. The van der Waals surface area contributed by atoms with Crippen LogP contribution in [-0.4, -0.2) is 34.9 Å². The molecule has 2 heterocycles. The van der Waals surface area contributed by atoms with E-state index in [1.165, 1.54) is 0 Å². The van der Waals surface area contributed by atoms with Crippen molar-refractivity contribution < 1.29 is 9.59 Å². The Morgan fingerprint density at radius 1 is 1.00 bits per heavy atom. The molecule has 6 heteroatoms. The minimum absolute atomic E-state index is 0.0832. The molecular weight excluding hydrogens is 388 g/mol. The Morgan fingerprint density at radius 3 is 2.65 bits per heavy atom. The average molecular weight is 415 g/mol. The Kier molecular flexibility index (Phi) is 6.57. The first-order valence-corrected chi connectivity index (χ1v) is 10.6. The van der Waals surface area contributed by atoms with E-state index in [1.54, 1.807) is 6.20 Å². The second-order valence-corrected chi connectivity index (χ2v) is 7.71. The van der Waals surface area contributed by atoms with E-state index >= 15 is 0 Å². The molecule has 1 saturated heterocycles. The molecule has 0 radical (unpaired) electrons. The number of piperidine rings is 1. The summed E-state index contributed by atoms with van der Waals surface area (Å²) < 4.78 is 0. The van der Waals surface area contributed by atoms with Gasteiger partial charge in [0.05, 0.1) is 12.2 Å². The lowest BCUT2D eigenvalue weighted by Crippen LogP contribution is -2.41. The van der Waals surface area contributed by atoms with E-state index in [4.69, 9.17) is 0 Å². The van der Waals surface area contributed by atoms with Gasteiger partial charge in [0, 0.05) is 36.5 Å². The number of benzene rings is 2. The molecule has 31 heavy (non-hydrogen) atoms. The molecule has 0 saturated carbocycles. The molecule has 4 rings (SSSR count). The van der Waals surface area contributed by atoms with Crippen molar-refractivity contribution >= 4 is 17.6 Å². The molecule has 3 amide bonds. The predicted octanol–water partition coefficient (Wildman–Crippen LogP) is 4.42. The number of aromatic nitrogens is 1. The number of para-hydroxylation sites is 1. The van der Waals surface area contributed by atoms with Gasteiger partial charge in [-0.1, -0.05) is 36.4 Å². The van der Waals surface area contributed by atoms with Crippen molar-refractivity contribution in [3.63, 3.8) is 0 Å². The summed E-state index contributed by atoms with van der Waals surface area (Å²) >= 11 is 0. The highest BCUT2D eigenvalue weighted by molar-refractivity contribution is 5.94. The third-order valence-electron chi connectivity index (χ3n) is 5.51. The van der Waals surface area contributed by atoms with Crippen LogP contribution in [0.15, 0.2) is 79.0 Å². The molecule has 1 atom stereocenters. The Hall–Kier alpha value is -3.67. The monoisotopic (exact) mass is 414 g/mol. The highest BCUT2D eigenvalue weighted by Crippen LogP contribution is 2.28. The van der Waals surface area contributed by atoms with Crippen molar-refractivity contribution in [3.05, 3.63) is 95.8 Å². The van der Waals surface area contributed by atoms with Crippen LogP contribution < -0.4 is 10.6 Å². The van der Waals surface area contributed by atoms with Gasteiger partial charge in [-0.2, -0.15) is 0 Å².